The summed E-state index contributed by atoms with van der Waals surface area (Å²) in [4.78, 5) is 12.2. The Kier molecular flexibility index (Phi) is 6.42. The fraction of sp³-hybridized carbons (Fsp3) is 0.250. The van der Waals surface area contributed by atoms with E-state index >= 15 is 0 Å². The van der Waals surface area contributed by atoms with E-state index in [1.807, 2.05) is 0 Å². The number of aromatic nitrogens is 2. The van der Waals surface area contributed by atoms with E-state index in [-0.39, 0.29) is 10.7 Å². The molecule has 0 saturated heterocycles. The molecule has 0 bridgehead atoms. The fourth-order valence-electron chi connectivity index (χ4n) is 1.92. The maximum Gasteiger partial charge on any atom is 0.240 e. The molecule has 2 rings (SSSR count). The standard InChI is InChI=1S/C16H19N3O4S/c1-23-10-2-9-19-24(21,22)15-6-4-14(5-7-15)16(20)8-3-13-11-17-18-12-13/h3-8,11-12,19H,2,9-10H2,1H3,(H,17,18)/b8-3+. The SMILES string of the molecule is COCCCNS(=O)(=O)c1ccc(C(=O)/C=C/c2cn[nH]c2)cc1. The zero-order valence-corrected chi connectivity index (χ0v) is 14.0. The zero-order chi connectivity index (χ0) is 17.4. The molecule has 0 atom stereocenters. The molecule has 24 heavy (non-hydrogen) atoms. The van der Waals surface area contributed by atoms with Gasteiger partial charge < -0.3 is 4.74 Å². The van der Waals surface area contributed by atoms with Crippen LogP contribution in [0, 0.1) is 0 Å². The van der Waals surface area contributed by atoms with Crippen LogP contribution in [0.4, 0.5) is 0 Å². The van der Waals surface area contributed by atoms with Gasteiger partial charge in [0, 0.05) is 37.6 Å². The Labute approximate surface area is 140 Å². The van der Waals surface area contributed by atoms with Crippen LogP contribution in [0.2, 0.25) is 0 Å². The summed E-state index contributed by atoms with van der Waals surface area (Å²) in [5.74, 6) is -0.215. The van der Waals surface area contributed by atoms with Crippen LogP contribution in [-0.2, 0) is 14.8 Å². The van der Waals surface area contributed by atoms with E-state index in [2.05, 4.69) is 14.9 Å². The normalized spacial score (nSPS) is 11.9. The van der Waals surface area contributed by atoms with Gasteiger partial charge >= 0.3 is 0 Å². The van der Waals surface area contributed by atoms with Crippen molar-refractivity contribution in [1.82, 2.24) is 14.9 Å². The molecule has 0 spiro atoms. The largest absolute Gasteiger partial charge is 0.385 e. The van der Waals surface area contributed by atoms with Crippen molar-refractivity contribution in [1.29, 1.82) is 0 Å². The molecule has 0 saturated carbocycles. The van der Waals surface area contributed by atoms with E-state index in [1.165, 1.54) is 30.3 Å². The van der Waals surface area contributed by atoms with Crippen LogP contribution in [0.1, 0.15) is 22.3 Å². The number of H-pyrrole nitrogens is 1. The van der Waals surface area contributed by atoms with Gasteiger partial charge in [0.15, 0.2) is 5.78 Å². The Morgan fingerprint density at radius 2 is 2.08 bits per heavy atom. The number of hydrogen-bond acceptors (Lipinski definition) is 5. The third kappa shape index (κ3) is 5.12. The summed E-state index contributed by atoms with van der Waals surface area (Å²) in [5.41, 5.74) is 1.19. The number of allylic oxidation sites excluding steroid dienone is 1. The van der Waals surface area contributed by atoms with Crippen molar-refractivity contribution in [2.75, 3.05) is 20.3 Å². The number of carbonyl (C=O) groups excluding carboxylic acids is 1. The molecular weight excluding hydrogens is 330 g/mol. The number of nitrogens with one attached hydrogen (secondary N) is 2. The number of ketones is 1. The number of ether oxygens (including phenoxy) is 1. The second kappa shape index (κ2) is 8.53. The molecule has 2 N–H and O–H groups in total. The van der Waals surface area contributed by atoms with E-state index in [9.17, 15) is 13.2 Å². The van der Waals surface area contributed by atoms with E-state index < -0.39 is 10.0 Å². The number of nitrogens with zero attached hydrogens (tertiary/aromatic N) is 1. The first-order chi connectivity index (χ1) is 11.5. The molecule has 0 aliphatic carbocycles. The highest BCUT2D eigenvalue weighted by Crippen LogP contribution is 2.12. The molecule has 1 aromatic carbocycles. The van der Waals surface area contributed by atoms with Gasteiger partial charge in [0.2, 0.25) is 10.0 Å². The number of carbonyl (C=O) groups is 1. The predicted molar refractivity (Wildman–Crippen MR) is 90.1 cm³/mol. The number of sulfonamides is 1. The molecule has 0 radical (unpaired) electrons. The van der Waals surface area contributed by atoms with Crippen molar-refractivity contribution < 1.29 is 17.9 Å². The minimum Gasteiger partial charge on any atom is -0.385 e. The smallest absolute Gasteiger partial charge is 0.240 e. The average molecular weight is 349 g/mol. The molecule has 8 heteroatoms. The van der Waals surface area contributed by atoms with Crippen molar-refractivity contribution in [3.05, 3.63) is 53.9 Å². The van der Waals surface area contributed by atoms with Gasteiger partial charge in [-0.1, -0.05) is 0 Å². The quantitative estimate of drug-likeness (QED) is 0.407. The molecule has 0 aliphatic heterocycles. The summed E-state index contributed by atoms with van der Waals surface area (Å²) in [7, 11) is -2.02. The van der Waals surface area contributed by atoms with Gasteiger partial charge in [-0.2, -0.15) is 5.10 Å². The molecule has 0 unspecified atom stereocenters. The van der Waals surface area contributed by atoms with E-state index in [1.54, 1.807) is 25.6 Å². The monoisotopic (exact) mass is 349 g/mol. The third-order valence-electron chi connectivity index (χ3n) is 3.21. The van der Waals surface area contributed by atoms with Crippen molar-refractivity contribution in [2.45, 2.75) is 11.3 Å². The number of hydrogen-bond donors (Lipinski definition) is 2. The molecule has 1 heterocycles. The minimum atomic E-state index is -3.58. The summed E-state index contributed by atoms with van der Waals surface area (Å²) in [5, 5.41) is 6.43. The van der Waals surface area contributed by atoms with Gasteiger partial charge in [-0.05, 0) is 42.8 Å². The molecule has 128 valence electrons. The first kappa shape index (κ1) is 18.1. The molecule has 0 aliphatic rings. The Balaban J connectivity index is 2.00. The summed E-state index contributed by atoms with van der Waals surface area (Å²) < 4.78 is 31.5. The Morgan fingerprint density at radius 3 is 2.71 bits per heavy atom. The van der Waals surface area contributed by atoms with Crippen molar-refractivity contribution >= 4 is 21.9 Å². The third-order valence-corrected chi connectivity index (χ3v) is 4.69. The molecular formula is C16H19N3O4S. The molecule has 1 aromatic heterocycles. The Bertz CT molecular complexity index is 781. The van der Waals surface area contributed by atoms with Crippen LogP contribution in [0.3, 0.4) is 0 Å². The minimum absolute atomic E-state index is 0.121. The van der Waals surface area contributed by atoms with Crippen LogP contribution < -0.4 is 4.72 Å². The fourth-order valence-corrected chi connectivity index (χ4v) is 3.00. The van der Waals surface area contributed by atoms with Crippen molar-refractivity contribution in [3.63, 3.8) is 0 Å². The highest BCUT2D eigenvalue weighted by Gasteiger charge is 2.13. The van der Waals surface area contributed by atoms with E-state index in [4.69, 9.17) is 4.74 Å². The summed E-state index contributed by atoms with van der Waals surface area (Å²) >= 11 is 0. The second-order valence-corrected chi connectivity index (χ2v) is 6.76. The van der Waals surface area contributed by atoms with Gasteiger partial charge in [0.05, 0.1) is 11.1 Å². The summed E-state index contributed by atoms with van der Waals surface area (Å²) in [6.07, 6.45) is 6.89. The van der Waals surface area contributed by atoms with Crippen LogP contribution in [0.25, 0.3) is 6.08 Å². The van der Waals surface area contributed by atoms with Gasteiger partial charge in [-0.3, -0.25) is 9.89 Å². The van der Waals surface area contributed by atoms with Gasteiger partial charge in [0.25, 0.3) is 0 Å². The zero-order valence-electron chi connectivity index (χ0n) is 13.2. The van der Waals surface area contributed by atoms with Crippen LogP contribution in [0.15, 0.2) is 47.6 Å². The topological polar surface area (TPSA) is 101 Å². The van der Waals surface area contributed by atoms with E-state index in [0.717, 1.165) is 5.56 Å². The van der Waals surface area contributed by atoms with Crippen LogP contribution >= 0.6 is 0 Å². The lowest BCUT2D eigenvalue weighted by Crippen LogP contribution is -2.25. The number of methoxy groups -OCH3 is 1. The van der Waals surface area contributed by atoms with Crippen molar-refractivity contribution in [3.8, 4) is 0 Å². The number of benzene rings is 1. The van der Waals surface area contributed by atoms with Crippen LogP contribution in [0.5, 0.6) is 0 Å². The maximum atomic E-state index is 12.1. The maximum absolute atomic E-state index is 12.1. The Hall–Kier alpha value is -2.29. The van der Waals surface area contributed by atoms with Gasteiger partial charge in [-0.25, -0.2) is 13.1 Å². The summed E-state index contributed by atoms with van der Waals surface area (Å²) in [6.45, 7) is 0.781. The van der Waals surface area contributed by atoms with Gasteiger partial charge in [0.1, 0.15) is 0 Å². The van der Waals surface area contributed by atoms with Crippen LogP contribution in [-0.4, -0.2) is 44.7 Å². The lowest BCUT2D eigenvalue weighted by Gasteiger charge is -2.07. The first-order valence-electron chi connectivity index (χ1n) is 7.33. The molecule has 2 aromatic rings. The Morgan fingerprint density at radius 1 is 1.33 bits per heavy atom. The predicted octanol–water partition coefficient (Wildman–Crippen LogP) is 1.62. The number of aromatic amines is 1. The van der Waals surface area contributed by atoms with Crippen molar-refractivity contribution in [2.24, 2.45) is 0 Å². The van der Waals surface area contributed by atoms with Gasteiger partial charge in [-0.15, -0.1) is 0 Å². The lowest BCUT2D eigenvalue weighted by atomic mass is 10.1. The average Bonchev–Trinajstić information content (AvgIpc) is 3.10. The highest BCUT2D eigenvalue weighted by molar-refractivity contribution is 7.89. The molecule has 0 fully saturated rings. The summed E-state index contributed by atoms with van der Waals surface area (Å²) in [6, 6.07) is 5.81. The second-order valence-electron chi connectivity index (χ2n) is 5.00. The first-order valence-corrected chi connectivity index (χ1v) is 8.81. The molecule has 7 nitrogen and oxygen atoms in total. The molecule has 0 amide bonds. The lowest BCUT2D eigenvalue weighted by molar-refractivity contribution is 0.104. The highest BCUT2D eigenvalue weighted by atomic mass is 32.2. The number of rotatable bonds is 9. The van der Waals surface area contributed by atoms with E-state index in [0.29, 0.717) is 25.1 Å².